The van der Waals surface area contributed by atoms with Gasteiger partial charge in [0.1, 0.15) is 24.8 Å². The van der Waals surface area contributed by atoms with Crippen molar-refractivity contribution in [1.29, 1.82) is 5.26 Å². The molecule has 124 valence electrons. The molecule has 0 saturated heterocycles. The number of aryl methyl sites for hydroxylation is 1. The maximum Gasteiger partial charge on any atom is 0.326 e. The van der Waals surface area contributed by atoms with Crippen LogP contribution in [0.2, 0.25) is 0 Å². The molecular weight excluding hydrogens is 308 g/mol. The molecule has 0 atom stereocenters. The van der Waals surface area contributed by atoms with Gasteiger partial charge in [0.15, 0.2) is 0 Å². The highest BCUT2D eigenvalue weighted by molar-refractivity contribution is 5.69. The van der Waals surface area contributed by atoms with Crippen LogP contribution < -0.4 is 5.56 Å². The van der Waals surface area contributed by atoms with Crippen molar-refractivity contribution in [2.24, 2.45) is 0 Å². The van der Waals surface area contributed by atoms with Gasteiger partial charge in [-0.05, 0) is 18.6 Å². The van der Waals surface area contributed by atoms with Crippen LogP contribution in [-0.4, -0.2) is 17.6 Å². The highest BCUT2D eigenvalue weighted by Gasteiger charge is 2.15. The number of hydrogen-bond donors (Lipinski definition) is 0. The van der Waals surface area contributed by atoms with E-state index in [4.69, 9.17) is 9.47 Å². The molecule has 6 heteroatoms. The van der Waals surface area contributed by atoms with Crippen LogP contribution in [0.4, 0.5) is 0 Å². The summed E-state index contributed by atoms with van der Waals surface area (Å²) in [5, 5.41) is 9.19. The third-order valence-electron chi connectivity index (χ3n) is 3.53. The molecule has 2 rings (SSSR count). The van der Waals surface area contributed by atoms with Gasteiger partial charge < -0.3 is 14.0 Å². The number of ether oxygens (including phenoxy) is 2. The second-order valence-corrected chi connectivity index (χ2v) is 5.27. The Hall–Kier alpha value is -2.91. The van der Waals surface area contributed by atoms with Crippen molar-refractivity contribution in [2.45, 2.75) is 26.7 Å². The number of nitrogens with zero attached hydrogens (tertiary/aromatic N) is 2. The molecule has 24 heavy (non-hydrogen) atoms. The summed E-state index contributed by atoms with van der Waals surface area (Å²) in [6, 6.07) is 12.8. The molecule has 1 aromatic carbocycles. The van der Waals surface area contributed by atoms with E-state index in [1.165, 1.54) is 11.7 Å². The standard InChI is InChI=1S/C18H18N2O4/c1-13-8-15(12-23-2)16(9-19)18(22)20(13)10-17(21)24-11-14-6-4-3-5-7-14/h3-8H,10-12H2,1-2H3. The van der Waals surface area contributed by atoms with Crippen LogP contribution in [0.5, 0.6) is 0 Å². The van der Waals surface area contributed by atoms with Gasteiger partial charge in [0, 0.05) is 18.4 Å². The fourth-order valence-corrected chi connectivity index (χ4v) is 2.33. The predicted molar refractivity (Wildman–Crippen MR) is 87.1 cm³/mol. The van der Waals surface area contributed by atoms with Crippen molar-refractivity contribution < 1.29 is 14.3 Å². The summed E-state index contributed by atoms with van der Waals surface area (Å²) in [4.78, 5) is 24.4. The normalized spacial score (nSPS) is 10.2. The SMILES string of the molecule is COCc1cc(C)n(CC(=O)OCc2ccccc2)c(=O)c1C#N. The molecule has 0 bridgehead atoms. The minimum Gasteiger partial charge on any atom is -0.459 e. The first-order valence-electron chi connectivity index (χ1n) is 7.38. The Morgan fingerprint density at radius 2 is 1.96 bits per heavy atom. The van der Waals surface area contributed by atoms with Crippen molar-refractivity contribution in [1.82, 2.24) is 4.57 Å². The third-order valence-corrected chi connectivity index (χ3v) is 3.53. The summed E-state index contributed by atoms with van der Waals surface area (Å²) in [6.45, 7) is 1.77. The van der Waals surface area contributed by atoms with E-state index in [-0.39, 0.29) is 25.3 Å². The van der Waals surface area contributed by atoms with Crippen molar-refractivity contribution >= 4 is 5.97 Å². The Morgan fingerprint density at radius 3 is 2.58 bits per heavy atom. The van der Waals surface area contributed by atoms with E-state index in [0.717, 1.165) is 5.56 Å². The van der Waals surface area contributed by atoms with E-state index < -0.39 is 11.5 Å². The largest absolute Gasteiger partial charge is 0.459 e. The molecule has 0 radical (unpaired) electrons. The van der Waals surface area contributed by atoms with Gasteiger partial charge in [-0.1, -0.05) is 30.3 Å². The first kappa shape index (κ1) is 17.4. The highest BCUT2D eigenvalue weighted by atomic mass is 16.5. The Bertz CT molecular complexity index is 819. The van der Waals surface area contributed by atoms with Crippen LogP contribution in [0, 0.1) is 18.3 Å². The molecule has 0 saturated carbocycles. The molecule has 0 N–H and O–H groups in total. The summed E-state index contributed by atoms with van der Waals surface area (Å²) >= 11 is 0. The zero-order valence-corrected chi connectivity index (χ0v) is 13.6. The fourth-order valence-electron chi connectivity index (χ4n) is 2.33. The molecule has 0 spiro atoms. The molecule has 0 amide bonds. The molecule has 0 aliphatic heterocycles. The average Bonchev–Trinajstić information content (AvgIpc) is 2.58. The van der Waals surface area contributed by atoms with E-state index in [1.54, 1.807) is 13.0 Å². The lowest BCUT2D eigenvalue weighted by Gasteiger charge is -2.13. The lowest BCUT2D eigenvalue weighted by Crippen LogP contribution is -2.30. The highest BCUT2D eigenvalue weighted by Crippen LogP contribution is 2.09. The minimum atomic E-state index is -0.535. The van der Waals surface area contributed by atoms with Crippen LogP contribution in [0.15, 0.2) is 41.2 Å². The molecule has 1 aromatic heterocycles. The number of esters is 1. The van der Waals surface area contributed by atoms with Gasteiger partial charge in [0.25, 0.3) is 5.56 Å². The lowest BCUT2D eigenvalue weighted by atomic mass is 10.1. The number of benzene rings is 1. The van der Waals surface area contributed by atoms with E-state index >= 15 is 0 Å². The van der Waals surface area contributed by atoms with Gasteiger partial charge in [-0.3, -0.25) is 9.59 Å². The molecular formula is C18H18N2O4. The summed E-state index contributed by atoms with van der Waals surface area (Å²) in [5.74, 6) is -0.535. The number of pyridine rings is 1. The number of methoxy groups -OCH3 is 1. The van der Waals surface area contributed by atoms with Crippen molar-refractivity contribution in [3.05, 3.63) is 69.1 Å². The number of rotatable bonds is 6. The number of aromatic nitrogens is 1. The summed E-state index contributed by atoms with van der Waals surface area (Å²) in [5.41, 5.74) is 1.42. The molecule has 0 aliphatic carbocycles. The van der Waals surface area contributed by atoms with Gasteiger partial charge >= 0.3 is 5.97 Å². The molecule has 0 unspecified atom stereocenters. The average molecular weight is 326 g/mol. The van der Waals surface area contributed by atoms with E-state index in [1.807, 2.05) is 36.4 Å². The Kier molecular flexibility index (Phi) is 5.88. The fraction of sp³-hybridized carbons (Fsp3) is 0.278. The molecule has 0 fully saturated rings. The zero-order valence-electron chi connectivity index (χ0n) is 13.6. The van der Waals surface area contributed by atoms with Crippen molar-refractivity contribution in [3.8, 4) is 6.07 Å². The summed E-state index contributed by atoms with van der Waals surface area (Å²) in [7, 11) is 1.49. The quantitative estimate of drug-likeness (QED) is 0.758. The van der Waals surface area contributed by atoms with Gasteiger partial charge in [-0.25, -0.2) is 0 Å². The van der Waals surface area contributed by atoms with Crippen LogP contribution in [0.1, 0.15) is 22.4 Å². The van der Waals surface area contributed by atoms with Crippen LogP contribution in [0.3, 0.4) is 0 Å². The molecule has 1 heterocycles. The Balaban J connectivity index is 2.16. The summed E-state index contributed by atoms with van der Waals surface area (Å²) < 4.78 is 11.4. The Labute approximate surface area is 139 Å². The zero-order chi connectivity index (χ0) is 17.5. The van der Waals surface area contributed by atoms with Crippen molar-refractivity contribution in [3.63, 3.8) is 0 Å². The van der Waals surface area contributed by atoms with Crippen LogP contribution >= 0.6 is 0 Å². The van der Waals surface area contributed by atoms with Gasteiger partial charge in [0.2, 0.25) is 0 Å². The second kappa shape index (κ2) is 8.09. The topological polar surface area (TPSA) is 81.3 Å². The predicted octanol–water partition coefficient (Wildman–Crippen LogP) is 1.92. The third kappa shape index (κ3) is 4.09. The van der Waals surface area contributed by atoms with E-state index in [0.29, 0.717) is 11.3 Å². The lowest BCUT2D eigenvalue weighted by molar-refractivity contribution is -0.145. The first-order chi connectivity index (χ1) is 11.6. The van der Waals surface area contributed by atoms with E-state index in [9.17, 15) is 14.9 Å². The molecule has 2 aromatic rings. The van der Waals surface area contributed by atoms with Gasteiger partial charge in [-0.15, -0.1) is 0 Å². The maximum atomic E-state index is 12.4. The number of carbonyl (C=O) groups excluding carboxylic acids is 1. The summed E-state index contributed by atoms with van der Waals surface area (Å²) in [6.07, 6.45) is 0. The number of hydrogen-bond acceptors (Lipinski definition) is 5. The first-order valence-corrected chi connectivity index (χ1v) is 7.38. The monoisotopic (exact) mass is 326 g/mol. The number of nitriles is 1. The number of carbonyl (C=O) groups is 1. The van der Waals surface area contributed by atoms with Gasteiger partial charge in [0.05, 0.1) is 6.61 Å². The van der Waals surface area contributed by atoms with Crippen LogP contribution in [0.25, 0.3) is 0 Å². The van der Waals surface area contributed by atoms with Crippen LogP contribution in [-0.2, 0) is 34.0 Å². The molecule has 6 nitrogen and oxygen atoms in total. The van der Waals surface area contributed by atoms with E-state index in [2.05, 4.69) is 0 Å². The Morgan fingerprint density at radius 1 is 1.25 bits per heavy atom. The minimum absolute atomic E-state index is 0.0155. The smallest absolute Gasteiger partial charge is 0.326 e. The maximum absolute atomic E-state index is 12.4. The van der Waals surface area contributed by atoms with Crippen molar-refractivity contribution in [2.75, 3.05) is 7.11 Å². The molecule has 0 aliphatic rings. The second-order valence-electron chi connectivity index (χ2n) is 5.27. The van der Waals surface area contributed by atoms with Gasteiger partial charge in [-0.2, -0.15) is 5.26 Å².